The first-order valence-electron chi connectivity index (χ1n) is 10.1. The molecule has 0 bridgehead atoms. The minimum absolute atomic E-state index is 0.0109. The predicted octanol–water partition coefficient (Wildman–Crippen LogP) is 3.98. The number of rotatable bonds is 12. The van der Waals surface area contributed by atoms with E-state index < -0.39 is 0 Å². The number of ether oxygens (including phenoxy) is 4. The fraction of sp³-hybridized carbons (Fsp3) is 0.348. The van der Waals surface area contributed by atoms with E-state index in [4.69, 9.17) is 18.9 Å². The van der Waals surface area contributed by atoms with Crippen LogP contribution < -0.4 is 14.2 Å². The number of thioether (sulfide) groups is 1. The number of carbonyl (C=O) groups excluding carboxylic acids is 1. The number of nitrogens with zero attached hydrogens (tertiary/aromatic N) is 3. The molecule has 9 heteroatoms. The number of Topliss-reactive ketones (excluding diaryl/α,β-unsaturated/α-hetero) is 1. The Bertz CT molecular complexity index is 1040. The third-order valence-electron chi connectivity index (χ3n) is 4.83. The minimum atomic E-state index is 0.0109. The summed E-state index contributed by atoms with van der Waals surface area (Å²) in [4.78, 5) is 12.7. The lowest BCUT2D eigenvalue weighted by Gasteiger charge is -2.12. The standard InChI is InChI=1S/C23H27N3O5S/c1-28-13-5-12-26-22(17-8-11-20(30-3)21(14-17)31-4)24-25-23(26)32-15-19(27)16-6-9-18(29-2)10-7-16/h6-11,14H,5,12-13,15H2,1-4H3. The van der Waals surface area contributed by atoms with Gasteiger partial charge in [-0.2, -0.15) is 0 Å². The molecule has 0 N–H and O–H groups in total. The van der Waals surface area contributed by atoms with Gasteiger partial charge in [-0.15, -0.1) is 10.2 Å². The molecule has 0 fully saturated rings. The minimum Gasteiger partial charge on any atom is -0.497 e. The summed E-state index contributed by atoms with van der Waals surface area (Å²) in [5.74, 6) is 2.92. The van der Waals surface area contributed by atoms with E-state index in [0.717, 1.165) is 12.0 Å². The van der Waals surface area contributed by atoms with Crippen LogP contribution in [0, 0.1) is 0 Å². The van der Waals surface area contributed by atoms with Crippen LogP contribution >= 0.6 is 11.8 Å². The van der Waals surface area contributed by atoms with E-state index in [9.17, 15) is 4.79 Å². The molecule has 3 aromatic rings. The Morgan fingerprint density at radius 2 is 1.69 bits per heavy atom. The van der Waals surface area contributed by atoms with Crippen molar-refractivity contribution in [3.05, 3.63) is 48.0 Å². The van der Waals surface area contributed by atoms with Crippen LogP contribution in [0.25, 0.3) is 11.4 Å². The highest BCUT2D eigenvalue weighted by Gasteiger charge is 2.18. The van der Waals surface area contributed by atoms with E-state index in [1.807, 2.05) is 22.8 Å². The molecule has 0 unspecified atom stereocenters. The first-order valence-corrected chi connectivity index (χ1v) is 11.0. The van der Waals surface area contributed by atoms with E-state index in [-0.39, 0.29) is 11.5 Å². The number of hydrogen-bond donors (Lipinski definition) is 0. The van der Waals surface area contributed by atoms with E-state index in [2.05, 4.69) is 10.2 Å². The summed E-state index contributed by atoms with van der Waals surface area (Å²) < 4.78 is 23.1. The lowest BCUT2D eigenvalue weighted by molar-refractivity contribution is 0.102. The molecule has 8 nitrogen and oxygen atoms in total. The van der Waals surface area contributed by atoms with Gasteiger partial charge in [-0.25, -0.2) is 0 Å². The van der Waals surface area contributed by atoms with Gasteiger partial charge in [0.1, 0.15) is 5.75 Å². The summed E-state index contributed by atoms with van der Waals surface area (Å²) in [6.45, 7) is 1.27. The molecule has 0 aliphatic rings. The highest BCUT2D eigenvalue weighted by molar-refractivity contribution is 7.99. The van der Waals surface area contributed by atoms with Crippen LogP contribution in [0.1, 0.15) is 16.8 Å². The van der Waals surface area contributed by atoms with Gasteiger partial charge in [-0.1, -0.05) is 11.8 Å². The SMILES string of the molecule is COCCCn1c(SCC(=O)c2ccc(OC)cc2)nnc1-c1ccc(OC)c(OC)c1. The zero-order chi connectivity index (χ0) is 22.9. The van der Waals surface area contributed by atoms with Crippen molar-refractivity contribution in [1.29, 1.82) is 0 Å². The number of methoxy groups -OCH3 is 4. The first-order chi connectivity index (χ1) is 15.6. The molecule has 0 aliphatic carbocycles. The normalized spacial score (nSPS) is 10.8. The molecular formula is C23H27N3O5S. The number of hydrogen-bond acceptors (Lipinski definition) is 8. The van der Waals surface area contributed by atoms with Gasteiger partial charge in [-0.3, -0.25) is 4.79 Å². The Hall–Kier alpha value is -3.04. The summed E-state index contributed by atoms with van der Waals surface area (Å²) in [5.41, 5.74) is 1.48. The molecule has 2 aromatic carbocycles. The second kappa shape index (κ2) is 11.5. The van der Waals surface area contributed by atoms with Gasteiger partial charge in [0.05, 0.1) is 27.1 Å². The quantitative estimate of drug-likeness (QED) is 0.229. The van der Waals surface area contributed by atoms with E-state index in [0.29, 0.717) is 46.9 Å². The lowest BCUT2D eigenvalue weighted by atomic mass is 10.1. The highest BCUT2D eigenvalue weighted by Crippen LogP contribution is 2.33. The predicted molar refractivity (Wildman–Crippen MR) is 123 cm³/mol. The molecule has 0 amide bonds. The number of aromatic nitrogens is 3. The molecule has 0 spiro atoms. The Morgan fingerprint density at radius 3 is 2.34 bits per heavy atom. The average molecular weight is 458 g/mol. The maximum atomic E-state index is 12.7. The summed E-state index contributed by atoms with van der Waals surface area (Å²) >= 11 is 1.36. The van der Waals surface area contributed by atoms with Crippen LogP contribution in [0.5, 0.6) is 17.2 Å². The van der Waals surface area contributed by atoms with Crippen molar-refractivity contribution in [3.63, 3.8) is 0 Å². The Labute approximate surface area is 191 Å². The van der Waals surface area contributed by atoms with Crippen LogP contribution in [0.3, 0.4) is 0 Å². The molecule has 0 aliphatic heterocycles. The zero-order valence-electron chi connectivity index (χ0n) is 18.7. The molecular weight excluding hydrogens is 430 g/mol. The van der Waals surface area contributed by atoms with Gasteiger partial charge in [0.25, 0.3) is 0 Å². The molecule has 0 radical (unpaired) electrons. The lowest BCUT2D eigenvalue weighted by Crippen LogP contribution is -2.08. The van der Waals surface area contributed by atoms with Crippen LogP contribution in [0.2, 0.25) is 0 Å². The van der Waals surface area contributed by atoms with Gasteiger partial charge in [-0.05, 0) is 48.9 Å². The van der Waals surface area contributed by atoms with Crippen molar-refractivity contribution in [2.75, 3.05) is 40.8 Å². The van der Waals surface area contributed by atoms with Crippen molar-refractivity contribution in [2.24, 2.45) is 0 Å². The van der Waals surface area contributed by atoms with Crippen LogP contribution in [-0.4, -0.2) is 61.3 Å². The topological polar surface area (TPSA) is 84.7 Å². The first kappa shape index (κ1) is 23.6. The largest absolute Gasteiger partial charge is 0.497 e. The number of carbonyl (C=O) groups is 1. The van der Waals surface area contributed by atoms with Gasteiger partial charge >= 0.3 is 0 Å². The molecule has 1 heterocycles. The Balaban J connectivity index is 1.82. The number of ketones is 1. The monoisotopic (exact) mass is 457 g/mol. The van der Waals surface area contributed by atoms with Crippen molar-refractivity contribution < 1.29 is 23.7 Å². The summed E-state index contributed by atoms with van der Waals surface area (Å²) in [6.07, 6.45) is 0.787. The molecule has 3 rings (SSSR count). The molecule has 0 atom stereocenters. The number of benzene rings is 2. The zero-order valence-corrected chi connectivity index (χ0v) is 19.5. The molecule has 32 heavy (non-hydrogen) atoms. The van der Waals surface area contributed by atoms with E-state index in [1.54, 1.807) is 52.7 Å². The smallest absolute Gasteiger partial charge is 0.191 e. The van der Waals surface area contributed by atoms with Gasteiger partial charge in [0, 0.05) is 31.4 Å². The maximum Gasteiger partial charge on any atom is 0.191 e. The Kier molecular flexibility index (Phi) is 8.52. The van der Waals surface area contributed by atoms with Gasteiger partial charge in [0.15, 0.2) is 28.3 Å². The van der Waals surface area contributed by atoms with E-state index in [1.165, 1.54) is 11.8 Å². The third kappa shape index (κ3) is 5.60. The Morgan fingerprint density at radius 1 is 0.938 bits per heavy atom. The fourth-order valence-corrected chi connectivity index (χ4v) is 4.00. The van der Waals surface area contributed by atoms with Crippen molar-refractivity contribution in [1.82, 2.24) is 14.8 Å². The van der Waals surface area contributed by atoms with Crippen molar-refractivity contribution in [2.45, 2.75) is 18.1 Å². The maximum absolute atomic E-state index is 12.7. The van der Waals surface area contributed by atoms with Crippen molar-refractivity contribution >= 4 is 17.5 Å². The summed E-state index contributed by atoms with van der Waals surface area (Å²) in [6, 6.07) is 12.7. The van der Waals surface area contributed by atoms with Crippen molar-refractivity contribution in [3.8, 4) is 28.6 Å². The van der Waals surface area contributed by atoms with Crippen LogP contribution in [0.15, 0.2) is 47.6 Å². The second-order valence-corrected chi connectivity index (χ2v) is 7.76. The fourth-order valence-electron chi connectivity index (χ4n) is 3.14. The third-order valence-corrected chi connectivity index (χ3v) is 5.80. The molecule has 0 saturated carbocycles. The summed E-state index contributed by atoms with van der Waals surface area (Å²) in [5, 5.41) is 9.42. The molecule has 1 aromatic heterocycles. The molecule has 170 valence electrons. The van der Waals surface area contributed by atoms with E-state index >= 15 is 0 Å². The highest BCUT2D eigenvalue weighted by atomic mass is 32.2. The van der Waals surface area contributed by atoms with Gasteiger partial charge in [0.2, 0.25) is 0 Å². The summed E-state index contributed by atoms with van der Waals surface area (Å²) in [7, 11) is 6.46. The second-order valence-electron chi connectivity index (χ2n) is 6.81. The average Bonchev–Trinajstić information content (AvgIpc) is 3.24. The van der Waals surface area contributed by atoms with Crippen LogP contribution in [-0.2, 0) is 11.3 Å². The van der Waals surface area contributed by atoms with Crippen LogP contribution in [0.4, 0.5) is 0 Å². The van der Waals surface area contributed by atoms with Gasteiger partial charge < -0.3 is 23.5 Å². The molecule has 0 saturated heterocycles.